The van der Waals surface area contributed by atoms with Crippen LogP contribution in [-0.4, -0.2) is 31.7 Å². The van der Waals surface area contributed by atoms with Gasteiger partial charge in [-0.05, 0) is 37.0 Å². The number of carbonyl (C=O) groups excluding carboxylic acids is 1. The number of ether oxygens (including phenoxy) is 2. The molecular weight excluding hydrogens is 248 g/mol. The van der Waals surface area contributed by atoms with Gasteiger partial charge < -0.3 is 9.47 Å². The van der Waals surface area contributed by atoms with E-state index in [-0.39, 0.29) is 6.61 Å². The summed E-state index contributed by atoms with van der Waals surface area (Å²) in [6, 6.07) is 0. The number of fused-ring (bicyclic) bond motifs is 2. The Bertz CT molecular complexity index is 390. The largest absolute Gasteiger partial charge is 0.509 e. The molecule has 98 valence electrons. The molecule has 2 rings (SSSR count). The number of hydrogen-bond acceptors (Lipinski definition) is 5. The Morgan fingerprint density at radius 2 is 2.00 bits per heavy atom. The van der Waals surface area contributed by atoms with Gasteiger partial charge in [-0.3, -0.25) is 4.55 Å². The zero-order chi connectivity index (χ0) is 12.5. The van der Waals surface area contributed by atoms with E-state index in [1.807, 2.05) is 0 Å². The number of rotatable bonds is 4. The first kappa shape index (κ1) is 12.6. The lowest BCUT2D eigenvalue weighted by atomic mass is 9.90. The van der Waals surface area contributed by atoms with E-state index in [1.165, 1.54) is 19.3 Å². The molecule has 0 aliphatic heterocycles. The molecule has 0 aromatic heterocycles. The molecule has 0 heterocycles. The number of carbonyl (C=O) groups is 1. The molecule has 3 atom stereocenters. The quantitative estimate of drug-likeness (QED) is 0.610. The van der Waals surface area contributed by atoms with E-state index in [2.05, 4.69) is 4.74 Å². The Kier molecular flexibility index (Phi) is 3.58. The Morgan fingerprint density at radius 1 is 1.24 bits per heavy atom. The van der Waals surface area contributed by atoms with Gasteiger partial charge in [0.2, 0.25) is 5.94 Å². The van der Waals surface area contributed by atoms with Gasteiger partial charge in [0, 0.05) is 0 Å². The first-order valence-corrected chi connectivity index (χ1v) is 7.29. The highest BCUT2D eigenvalue weighted by Crippen LogP contribution is 2.48. The van der Waals surface area contributed by atoms with Gasteiger partial charge in [-0.15, -0.1) is 0 Å². The zero-order valence-corrected chi connectivity index (χ0v) is 10.2. The van der Waals surface area contributed by atoms with Crippen LogP contribution in [0.25, 0.3) is 0 Å². The first-order chi connectivity index (χ1) is 7.94. The van der Waals surface area contributed by atoms with Crippen molar-refractivity contribution >= 4 is 16.3 Å². The Hall–Kier alpha value is -0.820. The molecule has 2 saturated carbocycles. The maximum Gasteiger partial charge on any atom is 0.509 e. The average Bonchev–Trinajstić information content (AvgIpc) is 2.84. The van der Waals surface area contributed by atoms with Crippen LogP contribution >= 0.6 is 0 Å². The highest BCUT2D eigenvalue weighted by Gasteiger charge is 2.39. The van der Waals surface area contributed by atoms with E-state index in [1.54, 1.807) is 0 Å². The molecular formula is C10H16O6S. The molecule has 0 radical (unpaired) electrons. The molecule has 6 nitrogen and oxygen atoms in total. The van der Waals surface area contributed by atoms with Crippen LogP contribution in [0.4, 0.5) is 4.79 Å². The van der Waals surface area contributed by atoms with Crippen LogP contribution in [0.15, 0.2) is 0 Å². The topological polar surface area (TPSA) is 89.9 Å². The second-order valence-corrected chi connectivity index (χ2v) is 6.24. The summed E-state index contributed by atoms with van der Waals surface area (Å²) in [5, 5.41) is 0. The summed E-state index contributed by atoms with van der Waals surface area (Å²) in [4.78, 5) is 11.0. The smallest absolute Gasteiger partial charge is 0.434 e. The molecule has 0 aromatic carbocycles. The van der Waals surface area contributed by atoms with Crippen LogP contribution in [0, 0.1) is 17.8 Å². The van der Waals surface area contributed by atoms with Crippen LogP contribution in [0.5, 0.6) is 0 Å². The number of hydrogen-bond donors (Lipinski definition) is 1. The maximum absolute atomic E-state index is 11.0. The van der Waals surface area contributed by atoms with Gasteiger partial charge in [-0.2, -0.15) is 8.42 Å². The Labute approximate surface area is 100 Å². The van der Waals surface area contributed by atoms with Crippen molar-refractivity contribution in [2.45, 2.75) is 25.7 Å². The first-order valence-electron chi connectivity index (χ1n) is 5.69. The second kappa shape index (κ2) is 4.81. The molecule has 2 aliphatic rings. The fourth-order valence-corrected chi connectivity index (χ4v) is 3.17. The fraction of sp³-hybridized carbons (Fsp3) is 0.900. The van der Waals surface area contributed by atoms with Crippen LogP contribution < -0.4 is 0 Å². The average molecular weight is 264 g/mol. The standard InChI is InChI=1S/C10H16O6S/c11-10(16-6-17(12,13)14)15-5-9-4-7-1-2-8(9)3-7/h7-9H,1-6H2,(H,12,13,14). The molecule has 0 amide bonds. The summed E-state index contributed by atoms with van der Waals surface area (Å²) in [6.45, 7) is 0.283. The highest BCUT2D eigenvalue weighted by atomic mass is 32.2. The van der Waals surface area contributed by atoms with Crippen molar-refractivity contribution in [2.24, 2.45) is 17.8 Å². The van der Waals surface area contributed by atoms with Crippen molar-refractivity contribution in [3.05, 3.63) is 0 Å². The minimum absolute atomic E-state index is 0.283. The minimum Gasteiger partial charge on any atom is -0.434 e. The Balaban J connectivity index is 1.67. The Morgan fingerprint density at radius 3 is 2.53 bits per heavy atom. The van der Waals surface area contributed by atoms with Gasteiger partial charge in [0.1, 0.15) is 0 Å². The third-order valence-electron chi connectivity index (χ3n) is 3.63. The normalized spacial score (nSPS) is 31.5. The summed E-state index contributed by atoms with van der Waals surface area (Å²) in [5.74, 6) is 0.728. The third-order valence-corrected chi connectivity index (χ3v) is 4.04. The van der Waals surface area contributed by atoms with E-state index in [9.17, 15) is 13.2 Å². The van der Waals surface area contributed by atoms with Crippen molar-refractivity contribution in [1.82, 2.24) is 0 Å². The molecule has 7 heteroatoms. The lowest BCUT2D eigenvalue weighted by molar-refractivity contribution is 0.0462. The zero-order valence-electron chi connectivity index (χ0n) is 9.37. The molecule has 3 unspecified atom stereocenters. The van der Waals surface area contributed by atoms with Crippen molar-refractivity contribution in [1.29, 1.82) is 0 Å². The van der Waals surface area contributed by atoms with E-state index >= 15 is 0 Å². The van der Waals surface area contributed by atoms with E-state index in [0.29, 0.717) is 11.8 Å². The second-order valence-electron chi connectivity index (χ2n) is 4.84. The molecule has 2 bridgehead atoms. The third kappa shape index (κ3) is 3.57. The van der Waals surface area contributed by atoms with Gasteiger partial charge in [0.15, 0.2) is 0 Å². The molecule has 1 N–H and O–H groups in total. The van der Waals surface area contributed by atoms with Crippen LogP contribution in [0.2, 0.25) is 0 Å². The predicted octanol–water partition coefficient (Wildman–Crippen LogP) is 1.42. The van der Waals surface area contributed by atoms with Crippen molar-refractivity contribution in [3.63, 3.8) is 0 Å². The van der Waals surface area contributed by atoms with Gasteiger partial charge in [-0.25, -0.2) is 4.79 Å². The molecule has 2 aliphatic carbocycles. The highest BCUT2D eigenvalue weighted by molar-refractivity contribution is 7.85. The van der Waals surface area contributed by atoms with E-state index < -0.39 is 22.2 Å². The van der Waals surface area contributed by atoms with Crippen LogP contribution in [0.3, 0.4) is 0 Å². The van der Waals surface area contributed by atoms with Crippen LogP contribution in [0.1, 0.15) is 25.7 Å². The summed E-state index contributed by atoms with van der Waals surface area (Å²) < 4.78 is 38.1. The van der Waals surface area contributed by atoms with Gasteiger partial charge in [0.05, 0.1) is 6.61 Å². The lowest BCUT2D eigenvalue weighted by Gasteiger charge is -2.20. The summed E-state index contributed by atoms with van der Waals surface area (Å²) in [5.41, 5.74) is 0. The lowest BCUT2D eigenvalue weighted by Crippen LogP contribution is -2.21. The van der Waals surface area contributed by atoms with Crippen molar-refractivity contribution < 1.29 is 27.2 Å². The summed E-state index contributed by atoms with van der Waals surface area (Å²) in [6.07, 6.45) is 3.72. The van der Waals surface area contributed by atoms with Crippen molar-refractivity contribution in [3.8, 4) is 0 Å². The summed E-state index contributed by atoms with van der Waals surface area (Å²) in [7, 11) is -4.29. The fourth-order valence-electron chi connectivity index (χ4n) is 2.92. The molecule has 0 spiro atoms. The molecule has 2 fully saturated rings. The summed E-state index contributed by atoms with van der Waals surface area (Å²) >= 11 is 0. The molecule has 0 saturated heterocycles. The van der Waals surface area contributed by atoms with Crippen molar-refractivity contribution in [2.75, 3.05) is 12.5 Å². The SMILES string of the molecule is O=C(OCC1CC2CCC1C2)OCS(=O)(=O)O. The van der Waals surface area contributed by atoms with Gasteiger partial charge >= 0.3 is 16.3 Å². The van der Waals surface area contributed by atoms with Gasteiger partial charge in [0.25, 0.3) is 0 Å². The molecule has 0 aromatic rings. The van der Waals surface area contributed by atoms with Crippen LogP contribution in [-0.2, 0) is 19.6 Å². The van der Waals surface area contributed by atoms with E-state index in [4.69, 9.17) is 9.29 Å². The molecule has 17 heavy (non-hydrogen) atoms. The van der Waals surface area contributed by atoms with E-state index in [0.717, 1.165) is 12.3 Å². The minimum atomic E-state index is -4.29. The predicted molar refractivity (Wildman–Crippen MR) is 57.8 cm³/mol. The maximum atomic E-state index is 11.0. The van der Waals surface area contributed by atoms with Gasteiger partial charge in [-0.1, -0.05) is 6.42 Å². The monoisotopic (exact) mass is 264 g/mol.